The van der Waals surface area contributed by atoms with Gasteiger partial charge < -0.3 is 20.5 Å². The monoisotopic (exact) mass is 385 g/mol. The first kappa shape index (κ1) is 20.3. The van der Waals surface area contributed by atoms with E-state index in [2.05, 4.69) is 15.5 Å². The minimum Gasteiger partial charge on any atom is -0.394 e. The Labute approximate surface area is 164 Å². The Hall–Kier alpha value is -2.48. The molecule has 2 aromatic carbocycles. The molecule has 0 aliphatic carbocycles. The standard InChI is InChI=1S/C21H27N3O4/c25-15-19(21(27)22-8-9-24-10-12-28-13-11-24)23-20(26)14-17-6-3-5-16-4-1-2-7-18(16)17/h1-7,19,25H,8-15H2,(H,22,27)(H,23,26). The average molecular weight is 385 g/mol. The fourth-order valence-electron chi connectivity index (χ4n) is 3.34. The molecule has 1 aliphatic rings. The first-order valence-corrected chi connectivity index (χ1v) is 9.62. The number of nitrogens with zero attached hydrogens (tertiary/aromatic N) is 1. The van der Waals surface area contributed by atoms with Gasteiger partial charge in [-0.25, -0.2) is 0 Å². The van der Waals surface area contributed by atoms with Gasteiger partial charge in [-0.1, -0.05) is 42.5 Å². The highest BCUT2D eigenvalue weighted by atomic mass is 16.5. The van der Waals surface area contributed by atoms with E-state index in [0.29, 0.717) is 19.8 Å². The number of benzene rings is 2. The number of nitrogens with one attached hydrogen (secondary N) is 2. The minimum absolute atomic E-state index is 0.152. The largest absolute Gasteiger partial charge is 0.394 e. The highest BCUT2D eigenvalue weighted by molar-refractivity contribution is 5.92. The van der Waals surface area contributed by atoms with Crippen LogP contribution in [0, 0.1) is 0 Å². The van der Waals surface area contributed by atoms with Crippen LogP contribution in [0.1, 0.15) is 5.56 Å². The molecule has 7 heteroatoms. The molecule has 3 N–H and O–H groups in total. The van der Waals surface area contributed by atoms with E-state index in [9.17, 15) is 14.7 Å². The molecular weight excluding hydrogens is 358 g/mol. The molecule has 3 rings (SSSR count). The molecular formula is C21H27N3O4. The number of amides is 2. The fourth-order valence-corrected chi connectivity index (χ4v) is 3.34. The van der Waals surface area contributed by atoms with Crippen LogP contribution in [0.2, 0.25) is 0 Å². The third kappa shape index (κ3) is 5.51. The molecule has 0 aromatic heterocycles. The van der Waals surface area contributed by atoms with E-state index in [1.54, 1.807) is 0 Å². The van der Waals surface area contributed by atoms with Crippen molar-refractivity contribution in [3.8, 4) is 0 Å². The van der Waals surface area contributed by atoms with Gasteiger partial charge in [0.1, 0.15) is 6.04 Å². The molecule has 2 aromatic rings. The number of carbonyl (C=O) groups excluding carboxylic acids is 2. The Balaban J connectivity index is 1.50. The molecule has 0 spiro atoms. The summed E-state index contributed by atoms with van der Waals surface area (Å²) in [7, 11) is 0. The summed E-state index contributed by atoms with van der Waals surface area (Å²) >= 11 is 0. The van der Waals surface area contributed by atoms with Crippen molar-refractivity contribution in [2.75, 3.05) is 46.0 Å². The lowest BCUT2D eigenvalue weighted by atomic mass is 10.0. The van der Waals surface area contributed by atoms with Crippen molar-refractivity contribution in [2.24, 2.45) is 0 Å². The van der Waals surface area contributed by atoms with Crippen molar-refractivity contribution in [1.29, 1.82) is 0 Å². The number of morpholine rings is 1. The molecule has 1 aliphatic heterocycles. The first-order valence-electron chi connectivity index (χ1n) is 9.62. The third-order valence-electron chi connectivity index (χ3n) is 4.90. The van der Waals surface area contributed by atoms with Crippen LogP contribution < -0.4 is 10.6 Å². The predicted molar refractivity (Wildman–Crippen MR) is 107 cm³/mol. The predicted octanol–water partition coefficient (Wildman–Crippen LogP) is 0.308. The topological polar surface area (TPSA) is 90.9 Å². The number of ether oxygens (including phenoxy) is 1. The lowest BCUT2D eigenvalue weighted by Crippen LogP contribution is -2.51. The Bertz CT molecular complexity index is 800. The molecule has 1 unspecified atom stereocenters. The summed E-state index contributed by atoms with van der Waals surface area (Å²) in [6.07, 6.45) is 0.152. The number of rotatable bonds is 8. The Morgan fingerprint density at radius 3 is 2.64 bits per heavy atom. The molecule has 7 nitrogen and oxygen atoms in total. The summed E-state index contributed by atoms with van der Waals surface area (Å²) in [5, 5.41) is 17.0. The number of aliphatic hydroxyl groups excluding tert-OH is 1. The zero-order valence-corrected chi connectivity index (χ0v) is 15.9. The van der Waals surface area contributed by atoms with Gasteiger partial charge in [0.15, 0.2) is 0 Å². The normalized spacial score (nSPS) is 15.9. The molecule has 150 valence electrons. The highest BCUT2D eigenvalue weighted by Crippen LogP contribution is 2.18. The Morgan fingerprint density at radius 1 is 1.11 bits per heavy atom. The van der Waals surface area contributed by atoms with Crippen LogP contribution in [0.5, 0.6) is 0 Å². The van der Waals surface area contributed by atoms with Crippen molar-refractivity contribution in [3.05, 3.63) is 48.0 Å². The molecule has 0 bridgehead atoms. The van der Waals surface area contributed by atoms with Crippen LogP contribution in [-0.2, 0) is 20.7 Å². The molecule has 0 radical (unpaired) electrons. The van der Waals surface area contributed by atoms with Gasteiger partial charge in [0.2, 0.25) is 11.8 Å². The zero-order chi connectivity index (χ0) is 19.8. The highest BCUT2D eigenvalue weighted by Gasteiger charge is 2.20. The second-order valence-corrected chi connectivity index (χ2v) is 6.86. The molecule has 2 amide bonds. The zero-order valence-electron chi connectivity index (χ0n) is 15.9. The van der Waals surface area contributed by atoms with E-state index in [1.165, 1.54) is 0 Å². The van der Waals surface area contributed by atoms with Gasteiger partial charge in [0.05, 0.1) is 26.2 Å². The van der Waals surface area contributed by atoms with E-state index in [4.69, 9.17) is 4.74 Å². The number of fused-ring (bicyclic) bond motifs is 1. The minimum atomic E-state index is -0.952. The van der Waals surface area contributed by atoms with E-state index < -0.39 is 12.6 Å². The van der Waals surface area contributed by atoms with Crippen molar-refractivity contribution in [2.45, 2.75) is 12.5 Å². The molecule has 1 atom stereocenters. The van der Waals surface area contributed by atoms with Gasteiger partial charge in [-0.15, -0.1) is 0 Å². The van der Waals surface area contributed by atoms with Crippen molar-refractivity contribution in [3.63, 3.8) is 0 Å². The van der Waals surface area contributed by atoms with E-state index in [-0.39, 0.29) is 18.2 Å². The Morgan fingerprint density at radius 2 is 1.86 bits per heavy atom. The van der Waals surface area contributed by atoms with E-state index in [1.807, 2.05) is 42.5 Å². The molecule has 0 saturated carbocycles. The van der Waals surface area contributed by atoms with Crippen LogP contribution in [0.15, 0.2) is 42.5 Å². The van der Waals surface area contributed by atoms with Gasteiger partial charge in [-0.2, -0.15) is 0 Å². The molecule has 1 saturated heterocycles. The Kier molecular flexibility index (Phi) is 7.36. The number of carbonyl (C=O) groups is 2. The lowest BCUT2D eigenvalue weighted by Gasteiger charge is -2.26. The van der Waals surface area contributed by atoms with Gasteiger partial charge in [-0.05, 0) is 16.3 Å². The van der Waals surface area contributed by atoms with Gasteiger partial charge in [-0.3, -0.25) is 14.5 Å². The van der Waals surface area contributed by atoms with Crippen molar-refractivity contribution >= 4 is 22.6 Å². The fraction of sp³-hybridized carbons (Fsp3) is 0.429. The smallest absolute Gasteiger partial charge is 0.245 e. The molecule has 1 fully saturated rings. The van der Waals surface area contributed by atoms with Gasteiger partial charge in [0.25, 0.3) is 0 Å². The number of hydrogen-bond acceptors (Lipinski definition) is 5. The average Bonchev–Trinajstić information content (AvgIpc) is 2.73. The van der Waals surface area contributed by atoms with Crippen molar-refractivity contribution in [1.82, 2.24) is 15.5 Å². The maximum atomic E-state index is 12.4. The van der Waals surface area contributed by atoms with Gasteiger partial charge >= 0.3 is 0 Å². The van der Waals surface area contributed by atoms with Gasteiger partial charge in [0, 0.05) is 26.2 Å². The summed E-state index contributed by atoms with van der Waals surface area (Å²) < 4.78 is 5.29. The second-order valence-electron chi connectivity index (χ2n) is 6.86. The van der Waals surface area contributed by atoms with E-state index in [0.717, 1.165) is 36.0 Å². The summed E-state index contributed by atoms with van der Waals surface area (Å²) in [6, 6.07) is 12.7. The third-order valence-corrected chi connectivity index (χ3v) is 4.90. The van der Waals surface area contributed by atoms with E-state index >= 15 is 0 Å². The van der Waals surface area contributed by atoms with Crippen molar-refractivity contribution < 1.29 is 19.4 Å². The summed E-state index contributed by atoms with van der Waals surface area (Å²) in [6.45, 7) is 3.85. The number of aliphatic hydroxyl groups is 1. The maximum Gasteiger partial charge on any atom is 0.245 e. The van der Waals surface area contributed by atoms with Crippen LogP contribution in [0.25, 0.3) is 10.8 Å². The molecule has 28 heavy (non-hydrogen) atoms. The summed E-state index contributed by atoms with van der Waals surface area (Å²) in [5.74, 6) is -0.666. The SMILES string of the molecule is O=C(Cc1cccc2ccccc12)NC(CO)C(=O)NCCN1CCOCC1. The molecule has 1 heterocycles. The first-order chi connectivity index (χ1) is 13.7. The van der Waals surface area contributed by atoms with Crippen LogP contribution in [-0.4, -0.2) is 73.9 Å². The van der Waals surface area contributed by atoms with Crippen LogP contribution in [0.3, 0.4) is 0 Å². The number of hydrogen-bond donors (Lipinski definition) is 3. The summed E-state index contributed by atoms with van der Waals surface area (Å²) in [4.78, 5) is 26.9. The van der Waals surface area contributed by atoms with Crippen LogP contribution >= 0.6 is 0 Å². The van der Waals surface area contributed by atoms with Crippen LogP contribution in [0.4, 0.5) is 0 Å². The second kappa shape index (κ2) is 10.2. The lowest BCUT2D eigenvalue weighted by molar-refractivity contribution is -0.129. The summed E-state index contributed by atoms with van der Waals surface area (Å²) in [5.41, 5.74) is 0.889. The quantitative estimate of drug-likeness (QED) is 0.608. The maximum absolute atomic E-state index is 12.4.